The molecule has 1 atom stereocenters. The van der Waals surface area contributed by atoms with Gasteiger partial charge in [0.25, 0.3) is 5.95 Å². The number of rotatable bonds is 7. The van der Waals surface area contributed by atoms with Crippen LogP contribution < -0.4 is 15.5 Å². The molecule has 0 bridgehead atoms. The van der Waals surface area contributed by atoms with E-state index in [-0.39, 0.29) is 35.6 Å². The van der Waals surface area contributed by atoms with Gasteiger partial charge in [-0.3, -0.25) is 4.79 Å². The van der Waals surface area contributed by atoms with E-state index >= 15 is 0 Å². The average Bonchev–Trinajstić information content (AvgIpc) is 3.33. The standard InChI is InChI=1S/C31H36F6N6O2.C4H11N/c1-18-11-19(2)27-25(12-18)26(5-4-10-42(27)16-20-6-8-22(9-7-20)28(44)45)43(29-38-40-41(3)39-29)17-21-13-23(30(32,33)34)15-24(14-21)31(35,36)37;1-4(2,3)5/h11-15,20,22,26H,4-10,16-17H2,1-3H3,(H,44,45);5H2,1-3H3/t20?,22?,26-;/m0./s1. The number of tetrazole rings is 1. The fourth-order valence-electron chi connectivity index (χ4n) is 6.85. The van der Waals surface area contributed by atoms with E-state index < -0.39 is 35.5 Å². The van der Waals surface area contributed by atoms with Crippen molar-refractivity contribution in [2.45, 2.75) is 104 Å². The highest BCUT2D eigenvalue weighted by atomic mass is 19.4. The molecule has 1 aromatic heterocycles. The Morgan fingerprint density at radius 3 is 2.02 bits per heavy atom. The molecule has 15 heteroatoms. The molecule has 0 amide bonds. The molecule has 0 saturated heterocycles. The lowest BCUT2D eigenvalue weighted by molar-refractivity contribution is -0.144. The number of alkyl halides is 6. The highest BCUT2D eigenvalue weighted by Gasteiger charge is 2.38. The van der Waals surface area contributed by atoms with Gasteiger partial charge in [0.2, 0.25) is 0 Å². The van der Waals surface area contributed by atoms with Crippen molar-refractivity contribution in [2.24, 2.45) is 24.6 Å². The molecule has 0 spiro atoms. The van der Waals surface area contributed by atoms with E-state index in [2.05, 4.69) is 26.4 Å². The molecule has 5 rings (SSSR count). The summed E-state index contributed by atoms with van der Waals surface area (Å²) in [5, 5.41) is 21.8. The molecule has 2 heterocycles. The quantitative estimate of drug-likeness (QED) is 0.239. The molecule has 2 aliphatic rings. The number of hydrogen-bond donors (Lipinski definition) is 2. The normalized spacial score (nSPS) is 20.0. The van der Waals surface area contributed by atoms with Gasteiger partial charge in [-0.15, -0.1) is 5.10 Å². The first-order chi connectivity index (χ1) is 23.1. The third kappa shape index (κ3) is 10.3. The second-order valence-corrected chi connectivity index (χ2v) is 14.7. The maximum Gasteiger partial charge on any atom is 0.416 e. The van der Waals surface area contributed by atoms with Crippen molar-refractivity contribution in [1.29, 1.82) is 0 Å². The molecule has 276 valence electrons. The van der Waals surface area contributed by atoms with Crippen LogP contribution in [-0.2, 0) is 30.7 Å². The van der Waals surface area contributed by atoms with E-state index in [9.17, 15) is 36.2 Å². The van der Waals surface area contributed by atoms with Crippen LogP contribution in [0.2, 0.25) is 0 Å². The van der Waals surface area contributed by atoms with Gasteiger partial charge in [-0.1, -0.05) is 22.8 Å². The van der Waals surface area contributed by atoms with Crippen LogP contribution in [-0.4, -0.2) is 49.9 Å². The van der Waals surface area contributed by atoms with Crippen LogP contribution >= 0.6 is 0 Å². The van der Waals surface area contributed by atoms with Gasteiger partial charge in [0.15, 0.2) is 0 Å². The topological polar surface area (TPSA) is 113 Å². The number of halogens is 6. The lowest BCUT2D eigenvalue weighted by atomic mass is 9.81. The van der Waals surface area contributed by atoms with E-state index in [0.717, 1.165) is 53.9 Å². The van der Waals surface area contributed by atoms with Crippen LogP contribution in [0.1, 0.15) is 98.7 Å². The van der Waals surface area contributed by atoms with Gasteiger partial charge in [0, 0.05) is 30.9 Å². The molecule has 2 aromatic carbocycles. The molecular weight excluding hydrogens is 664 g/mol. The molecule has 1 aliphatic carbocycles. The van der Waals surface area contributed by atoms with Gasteiger partial charge in [-0.2, -0.15) is 31.1 Å². The minimum Gasteiger partial charge on any atom is -0.481 e. The zero-order valence-corrected chi connectivity index (χ0v) is 29.4. The highest BCUT2D eigenvalue weighted by Crippen LogP contribution is 2.43. The number of carbonyl (C=O) groups is 1. The number of aryl methyl sites for hydroxylation is 3. The van der Waals surface area contributed by atoms with E-state index in [1.54, 1.807) is 4.90 Å². The molecule has 1 fully saturated rings. The second kappa shape index (κ2) is 15.2. The highest BCUT2D eigenvalue weighted by molar-refractivity contribution is 5.70. The van der Waals surface area contributed by atoms with Crippen LogP contribution in [0.25, 0.3) is 0 Å². The van der Waals surface area contributed by atoms with Crippen molar-refractivity contribution in [2.75, 3.05) is 22.9 Å². The molecule has 0 radical (unpaired) electrons. The molecule has 3 aromatic rings. The summed E-state index contributed by atoms with van der Waals surface area (Å²) in [7, 11) is 1.54. The second-order valence-electron chi connectivity index (χ2n) is 14.7. The lowest BCUT2D eigenvalue weighted by Crippen LogP contribution is -2.34. The molecule has 1 saturated carbocycles. The number of nitrogens with zero attached hydrogens (tertiary/aromatic N) is 6. The van der Waals surface area contributed by atoms with Gasteiger partial charge in [0.05, 0.1) is 30.1 Å². The Kier molecular flexibility index (Phi) is 11.8. The van der Waals surface area contributed by atoms with Crippen molar-refractivity contribution >= 4 is 17.6 Å². The zero-order chi connectivity index (χ0) is 37.2. The Bertz CT molecular complexity index is 1590. The lowest BCUT2D eigenvalue weighted by Gasteiger charge is -2.36. The summed E-state index contributed by atoms with van der Waals surface area (Å²) in [6.07, 6.45) is -5.87. The number of carboxylic acids is 1. The monoisotopic (exact) mass is 711 g/mol. The number of nitrogens with two attached hydrogens (primary N) is 1. The maximum atomic E-state index is 13.7. The molecule has 1 aliphatic heterocycles. The fourth-order valence-corrected chi connectivity index (χ4v) is 6.85. The van der Waals surface area contributed by atoms with E-state index in [1.807, 2.05) is 40.7 Å². The molecule has 0 unspecified atom stereocenters. The molecule has 3 N–H and O–H groups in total. The third-order valence-electron chi connectivity index (χ3n) is 8.86. The number of carboxylic acid groups (broad SMARTS) is 1. The fraction of sp³-hybridized carbons (Fsp3) is 0.600. The number of benzene rings is 2. The molecular formula is C35H47F6N7O2. The Labute approximate surface area is 288 Å². The van der Waals surface area contributed by atoms with Crippen LogP contribution in [0, 0.1) is 25.7 Å². The largest absolute Gasteiger partial charge is 0.481 e. The van der Waals surface area contributed by atoms with Crippen molar-refractivity contribution < 1.29 is 36.2 Å². The van der Waals surface area contributed by atoms with Gasteiger partial charge in [0.1, 0.15) is 0 Å². The Balaban J connectivity index is 0.00000105. The minimum atomic E-state index is -4.97. The Morgan fingerprint density at radius 2 is 1.52 bits per heavy atom. The Hall–Kier alpha value is -3.88. The summed E-state index contributed by atoms with van der Waals surface area (Å²) in [6, 6.07) is 5.23. The van der Waals surface area contributed by atoms with Crippen LogP contribution in [0.3, 0.4) is 0 Å². The first-order valence-electron chi connectivity index (χ1n) is 16.8. The van der Waals surface area contributed by atoms with E-state index in [4.69, 9.17) is 5.73 Å². The van der Waals surface area contributed by atoms with Gasteiger partial charge in [-0.05, 0) is 119 Å². The van der Waals surface area contributed by atoms with Crippen LogP contribution in [0.4, 0.5) is 38.0 Å². The third-order valence-corrected chi connectivity index (χ3v) is 8.86. The smallest absolute Gasteiger partial charge is 0.416 e. The van der Waals surface area contributed by atoms with Crippen LogP contribution in [0.15, 0.2) is 30.3 Å². The molecule has 9 nitrogen and oxygen atoms in total. The summed E-state index contributed by atoms with van der Waals surface area (Å²) >= 11 is 0. The maximum absolute atomic E-state index is 13.7. The first kappa shape index (κ1) is 38.9. The van der Waals surface area contributed by atoms with Gasteiger partial charge in [-0.25, -0.2) is 0 Å². The van der Waals surface area contributed by atoms with Crippen LogP contribution in [0.5, 0.6) is 0 Å². The van der Waals surface area contributed by atoms with Crippen molar-refractivity contribution in [1.82, 2.24) is 20.2 Å². The van der Waals surface area contributed by atoms with Crippen molar-refractivity contribution in [3.8, 4) is 0 Å². The summed E-state index contributed by atoms with van der Waals surface area (Å²) in [5.41, 5.74) is 6.25. The number of aromatic nitrogens is 4. The van der Waals surface area contributed by atoms with Crippen molar-refractivity contribution in [3.63, 3.8) is 0 Å². The summed E-state index contributed by atoms with van der Waals surface area (Å²) < 4.78 is 82.4. The number of hydrogen-bond acceptors (Lipinski definition) is 7. The predicted molar refractivity (Wildman–Crippen MR) is 179 cm³/mol. The minimum absolute atomic E-state index is 0. The SMILES string of the molecule is CC(C)(C)N.Cc1cc(C)c2c(c1)[C@@H](N(Cc1cc(C(F)(F)F)cc(C(F)(F)F)c1)c1nnn(C)n1)CCCN2CC1CCC(C(=O)O)CC1. The summed E-state index contributed by atoms with van der Waals surface area (Å²) in [4.78, 5) is 16.6. The zero-order valence-electron chi connectivity index (χ0n) is 29.4. The van der Waals surface area contributed by atoms with Gasteiger partial charge < -0.3 is 20.6 Å². The van der Waals surface area contributed by atoms with E-state index in [0.29, 0.717) is 38.1 Å². The predicted octanol–water partition coefficient (Wildman–Crippen LogP) is 7.85. The number of anilines is 2. The summed E-state index contributed by atoms with van der Waals surface area (Å²) in [5.74, 6) is -0.690. The van der Waals surface area contributed by atoms with Gasteiger partial charge >= 0.3 is 18.3 Å². The van der Waals surface area contributed by atoms with E-state index in [1.165, 1.54) is 11.8 Å². The summed E-state index contributed by atoms with van der Waals surface area (Å²) in [6.45, 7) is 10.9. The van der Waals surface area contributed by atoms with Crippen molar-refractivity contribution in [3.05, 3.63) is 63.7 Å². The number of fused-ring (bicyclic) bond motifs is 1. The molecule has 50 heavy (non-hydrogen) atoms. The average molecular weight is 712 g/mol. The number of aliphatic carboxylic acids is 1. The Morgan fingerprint density at radius 1 is 0.940 bits per heavy atom. The first-order valence-corrected chi connectivity index (χ1v) is 16.8.